The highest BCUT2D eigenvalue weighted by atomic mass is 19.3. The molecule has 1 fully saturated rings. The van der Waals surface area contributed by atoms with Crippen molar-refractivity contribution in [3.8, 4) is 0 Å². The van der Waals surface area contributed by atoms with E-state index in [-0.39, 0.29) is 13.2 Å². The molecule has 0 saturated carbocycles. The SMILES string of the molecule is O=C(O)C(F)(F)CC1OCCO1. The summed E-state index contributed by atoms with van der Waals surface area (Å²) in [5.41, 5.74) is 0. The first kappa shape index (κ1) is 9.34. The second kappa shape index (κ2) is 3.32. The summed E-state index contributed by atoms with van der Waals surface area (Å²) in [6.45, 7) is 0.473. The molecule has 0 radical (unpaired) electrons. The Hall–Kier alpha value is -0.750. The molecule has 70 valence electrons. The van der Waals surface area contributed by atoms with Gasteiger partial charge in [-0.15, -0.1) is 0 Å². The van der Waals surface area contributed by atoms with Crippen molar-refractivity contribution in [2.75, 3.05) is 13.2 Å². The number of rotatable bonds is 3. The zero-order valence-corrected chi connectivity index (χ0v) is 6.13. The fourth-order valence-electron chi connectivity index (χ4n) is 0.822. The van der Waals surface area contributed by atoms with Crippen LogP contribution in [-0.4, -0.2) is 36.5 Å². The summed E-state index contributed by atoms with van der Waals surface area (Å²) in [6.07, 6.45) is -2.02. The molecule has 1 saturated heterocycles. The summed E-state index contributed by atoms with van der Waals surface area (Å²) in [7, 11) is 0. The molecule has 1 heterocycles. The van der Waals surface area contributed by atoms with Crippen molar-refractivity contribution in [1.29, 1.82) is 0 Å². The van der Waals surface area contributed by atoms with Crippen LogP contribution in [0.1, 0.15) is 6.42 Å². The van der Waals surface area contributed by atoms with Gasteiger partial charge in [-0.05, 0) is 0 Å². The van der Waals surface area contributed by atoms with Crippen LogP contribution in [0.5, 0.6) is 0 Å². The van der Waals surface area contributed by atoms with E-state index in [2.05, 4.69) is 9.47 Å². The van der Waals surface area contributed by atoms with Gasteiger partial charge in [0.1, 0.15) is 0 Å². The third-order valence-corrected chi connectivity index (χ3v) is 1.43. The van der Waals surface area contributed by atoms with E-state index in [0.29, 0.717) is 0 Å². The van der Waals surface area contributed by atoms with E-state index in [1.54, 1.807) is 0 Å². The first-order valence-electron chi connectivity index (χ1n) is 3.37. The van der Waals surface area contributed by atoms with Crippen LogP contribution < -0.4 is 0 Å². The molecular weight excluding hydrogens is 174 g/mol. The third-order valence-electron chi connectivity index (χ3n) is 1.43. The third kappa shape index (κ3) is 2.12. The maximum Gasteiger partial charge on any atom is 0.374 e. The van der Waals surface area contributed by atoms with Gasteiger partial charge in [0.2, 0.25) is 0 Å². The number of carboxylic acid groups (broad SMARTS) is 1. The van der Waals surface area contributed by atoms with Gasteiger partial charge in [-0.1, -0.05) is 0 Å². The molecule has 1 N–H and O–H groups in total. The van der Waals surface area contributed by atoms with E-state index >= 15 is 0 Å². The van der Waals surface area contributed by atoms with Gasteiger partial charge in [-0.2, -0.15) is 8.78 Å². The molecule has 0 amide bonds. The van der Waals surface area contributed by atoms with Gasteiger partial charge < -0.3 is 14.6 Å². The van der Waals surface area contributed by atoms with Crippen LogP contribution in [0.25, 0.3) is 0 Å². The molecule has 0 aromatic heterocycles. The number of aliphatic carboxylic acids is 1. The van der Waals surface area contributed by atoms with Crippen molar-refractivity contribution in [3.05, 3.63) is 0 Å². The van der Waals surface area contributed by atoms with Gasteiger partial charge in [0, 0.05) is 0 Å². The molecule has 12 heavy (non-hydrogen) atoms. The van der Waals surface area contributed by atoms with E-state index in [4.69, 9.17) is 5.11 Å². The Balaban J connectivity index is 2.42. The molecule has 1 aliphatic heterocycles. The average Bonchev–Trinajstić information content (AvgIpc) is 2.38. The van der Waals surface area contributed by atoms with E-state index in [1.807, 2.05) is 0 Å². The zero-order valence-electron chi connectivity index (χ0n) is 6.13. The van der Waals surface area contributed by atoms with Crippen molar-refractivity contribution < 1.29 is 28.2 Å². The fourth-order valence-corrected chi connectivity index (χ4v) is 0.822. The lowest BCUT2D eigenvalue weighted by Gasteiger charge is -2.14. The summed E-state index contributed by atoms with van der Waals surface area (Å²) in [6, 6.07) is 0. The molecular formula is C6H8F2O4. The Morgan fingerprint density at radius 2 is 2.00 bits per heavy atom. The standard InChI is InChI=1S/C6H8F2O4/c7-6(8,5(9)10)3-4-11-1-2-12-4/h4H,1-3H2,(H,9,10). The minimum Gasteiger partial charge on any atom is -0.477 e. The minimum absolute atomic E-state index is 0.236. The lowest BCUT2D eigenvalue weighted by molar-refractivity contribution is -0.178. The predicted octanol–water partition coefficient (Wildman–Crippen LogP) is 0.469. The number of hydrogen-bond acceptors (Lipinski definition) is 3. The molecule has 4 nitrogen and oxygen atoms in total. The van der Waals surface area contributed by atoms with Crippen LogP contribution in [0.4, 0.5) is 8.78 Å². The summed E-state index contributed by atoms with van der Waals surface area (Å²) >= 11 is 0. The number of ether oxygens (including phenoxy) is 2. The Labute approximate surface area is 67.1 Å². The van der Waals surface area contributed by atoms with Crippen LogP contribution in [0, 0.1) is 0 Å². The van der Waals surface area contributed by atoms with Crippen LogP contribution in [0.2, 0.25) is 0 Å². The topological polar surface area (TPSA) is 55.8 Å². The molecule has 0 unspecified atom stereocenters. The number of carboxylic acids is 1. The quantitative estimate of drug-likeness (QED) is 0.689. The molecule has 0 aliphatic carbocycles. The molecule has 6 heteroatoms. The molecule has 1 aliphatic rings. The number of carbonyl (C=O) groups is 1. The van der Waals surface area contributed by atoms with Crippen LogP contribution >= 0.6 is 0 Å². The first-order chi connectivity index (χ1) is 5.52. The summed E-state index contributed by atoms with van der Waals surface area (Å²) in [5.74, 6) is -5.92. The van der Waals surface area contributed by atoms with Crippen LogP contribution in [0.3, 0.4) is 0 Å². The fraction of sp³-hybridized carbons (Fsp3) is 0.833. The van der Waals surface area contributed by atoms with Crippen LogP contribution in [-0.2, 0) is 14.3 Å². The van der Waals surface area contributed by atoms with Crippen molar-refractivity contribution in [2.24, 2.45) is 0 Å². The second-order valence-corrected chi connectivity index (χ2v) is 2.38. The van der Waals surface area contributed by atoms with Gasteiger partial charge >= 0.3 is 11.9 Å². The van der Waals surface area contributed by atoms with Gasteiger partial charge in [0.25, 0.3) is 0 Å². The Morgan fingerprint density at radius 1 is 1.50 bits per heavy atom. The van der Waals surface area contributed by atoms with Gasteiger partial charge in [-0.3, -0.25) is 0 Å². The highest BCUT2D eigenvalue weighted by Gasteiger charge is 2.42. The largest absolute Gasteiger partial charge is 0.477 e. The molecule has 0 bridgehead atoms. The summed E-state index contributed by atoms with van der Waals surface area (Å²) in [4.78, 5) is 9.95. The van der Waals surface area contributed by atoms with Crippen molar-refractivity contribution in [1.82, 2.24) is 0 Å². The highest BCUT2D eigenvalue weighted by molar-refractivity contribution is 5.75. The maximum absolute atomic E-state index is 12.4. The van der Waals surface area contributed by atoms with Gasteiger partial charge in [0.05, 0.1) is 19.6 Å². The monoisotopic (exact) mass is 182 g/mol. The minimum atomic E-state index is -3.77. The Bertz CT molecular complexity index is 176. The van der Waals surface area contributed by atoms with Gasteiger partial charge in [-0.25, -0.2) is 4.79 Å². The second-order valence-electron chi connectivity index (χ2n) is 2.38. The molecule has 0 aromatic carbocycles. The Morgan fingerprint density at radius 3 is 2.42 bits per heavy atom. The number of alkyl halides is 2. The van der Waals surface area contributed by atoms with Crippen LogP contribution in [0.15, 0.2) is 0 Å². The summed E-state index contributed by atoms with van der Waals surface area (Å²) in [5, 5.41) is 8.04. The lowest BCUT2D eigenvalue weighted by atomic mass is 10.2. The van der Waals surface area contributed by atoms with E-state index < -0.39 is 24.6 Å². The van der Waals surface area contributed by atoms with E-state index in [1.165, 1.54) is 0 Å². The molecule has 1 rings (SSSR count). The van der Waals surface area contributed by atoms with Crippen molar-refractivity contribution in [2.45, 2.75) is 18.6 Å². The first-order valence-corrected chi connectivity index (χ1v) is 3.37. The summed E-state index contributed by atoms with van der Waals surface area (Å²) < 4.78 is 34.2. The van der Waals surface area contributed by atoms with Gasteiger partial charge in [0.15, 0.2) is 6.29 Å². The van der Waals surface area contributed by atoms with Crippen molar-refractivity contribution in [3.63, 3.8) is 0 Å². The molecule has 0 spiro atoms. The maximum atomic E-state index is 12.4. The van der Waals surface area contributed by atoms with E-state index in [9.17, 15) is 13.6 Å². The van der Waals surface area contributed by atoms with Crippen molar-refractivity contribution >= 4 is 5.97 Å². The molecule has 0 atom stereocenters. The number of halogens is 2. The lowest BCUT2D eigenvalue weighted by Crippen LogP contribution is -2.33. The smallest absolute Gasteiger partial charge is 0.374 e. The normalized spacial score (nSPS) is 19.8. The predicted molar refractivity (Wildman–Crippen MR) is 32.9 cm³/mol. The molecule has 0 aromatic rings. The highest BCUT2D eigenvalue weighted by Crippen LogP contribution is 2.24. The zero-order chi connectivity index (χ0) is 9.19. The number of hydrogen-bond donors (Lipinski definition) is 1. The van der Waals surface area contributed by atoms with E-state index in [0.717, 1.165) is 0 Å². The average molecular weight is 182 g/mol. The Kier molecular flexibility index (Phi) is 2.58.